The van der Waals surface area contributed by atoms with Gasteiger partial charge in [0.05, 0.1) is 0 Å². The molecule has 0 aromatic heterocycles. The van der Waals surface area contributed by atoms with E-state index < -0.39 is 56.5 Å². The molecule has 2 aromatic carbocycles. The SMILES string of the molecule is C/C(=C\c1ccc(F)cc1F)CN(CC1CCCN1C(N)(C1CCCC1)S(C)(=O)=O)C(=O)c1ccc(OC(F)F)c(O)c1. The average molecular weight is 628 g/mol. The van der Waals surface area contributed by atoms with E-state index in [1.165, 1.54) is 23.1 Å². The van der Waals surface area contributed by atoms with Gasteiger partial charge in [-0.15, -0.1) is 0 Å². The number of ether oxygens (including phenoxy) is 1. The highest BCUT2D eigenvalue weighted by Gasteiger charge is 2.53. The molecule has 4 rings (SSSR count). The molecular formula is C30H37F4N3O5S. The van der Waals surface area contributed by atoms with Gasteiger partial charge < -0.3 is 20.5 Å². The second-order valence-corrected chi connectivity index (χ2v) is 13.6. The number of alkyl halides is 2. The second kappa shape index (κ2) is 13.2. The molecule has 43 heavy (non-hydrogen) atoms. The monoisotopic (exact) mass is 627 g/mol. The highest BCUT2D eigenvalue weighted by atomic mass is 32.2. The fraction of sp³-hybridized carbons (Fsp3) is 0.500. The van der Waals surface area contributed by atoms with Gasteiger partial charge in [0.25, 0.3) is 5.91 Å². The molecule has 0 spiro atoms. The summed E-state index contributed by atoms with van der Waals surface area (Å²) >= 11 is 0. The molecule has 2 atom stereocenters. The molecule has 13 heteroatoms. The number of phenolic OH excluding ortho intramolecular Hbond substituents is 1. The zero-order valence-corrected chi connectivity index (χ0v) is 24.9. The first kappa shape index (κ1) is 32.7. The Morgan fingerprint density at radius 2 is 1.86 bits per heavy atom. The average Bonchev–Trinajstić information content (AvgIpc) is 3.62. The van der Waals surface area contributed by atoms with Crippen LogP contribution in [-0.4, -0.2) is 72.8 Å². The Hall–Kier alpha value is -3.16. The Morgan fingerprint density at radius 1 is 1.16 bits per heavy atom. The van der Waals surface area contributed by atoms with Crippen molar-refractivity contribution < 1.29 is 40.6 Å². The highest BCUT2D eigenvalue weighted by Crippen LogP contribution is 2.41. The van der Waals surface area contributed by atoms with Crippen LogP contribution >= 0.6 is 0 Å². The zero-order chi connectivity index (χ0) is 31.5. The first-order valence-corrected chi connectivity index (χ1v) is 16.0. The molecule has 1 aliphatic carbocycles. The summed E-state index contributed by atoms with van der Waals surface area (Å²) in [5.74, 6) is -3.52. The number of sulfone groups is 1. The van der Waals surface area contributed by atoms with Crippen molar-refractivity contribution in [1.82, 2.24) is 9.80 Å². The Morgan fingerprint density at radius 3 is 2.47 bits per heavy atom. The molecule has 236 valence electrons. The number of rotatable bonds is 11. The van der Waals surface area contributed by atoms with Crippen LogP contribution in [-0.2, 0) is 9.84 Å². The molecule has 2 aliphatic rings. The normalized spacial score (nSPS) is 20.0. The Bertz CT molecular complexity index is 1470. The van der Waals surface area contributed by atoms with Crippen LogP contribution in [0.5, 0.6) is 11.5 Å². The standard InChI is InChI=1S/C30H37F4N3O5S/c1-19(14-20-9-11-23(31)16-25(20)32)17-36(28(39)21-10-12-27(26(38)15-21)42-29(33)34)18-24-8-5-13-37(24)30(35,43(2,40)41)22-6-3-4-7-22/h9-12,14-16,22,24,29,38H,3-8,13,17-18,35H2,1-2H3/b19-14+. The number of hydrogen-bond acceptors (Lipinski definition) is 7. The highest BCUT2D eigenvalue weighted by molar-refractivity contribution is 7.92. The number of carbonyl (C=O) groups is 1. The van der Waals surface area contributed by atoms with Gasteiger partial charge in [0.1, 0.15) is 11.6 Å². The number of benzene rings is 2. The van der Waals surface area contributed by atoms with Crippen molar-refractivity contribution in [1.29, 1.82) is 0 Å². The van der Waals surface area contributed by atoms with E-state index in [1.54, 1.807) is 11.8 Å². The van der Waals surface area contributed by atoms with Crippen LogP contribution in [0.4, 0.5) is 17.6 Å². The molecule has 1 saturated heterocycles. The van der Waals surface area contributed by atoms with Crippen LogP contribution in [0.3, 0.4) is 0 Å². The lowest BCUT2D eigenvalue weighted by molar-refractivity contribution is -0.0512. The molecule has 2 unspecified atom stereocenters. The molecule has 2 fully saturated rings. The molecule has 3 N–H and O–H groups in total. The maximum atomic E-state index is 14.4. The lowest BCUT2D eigenvalue weighted by Crippen LogP contribution is -2.67. The molecular weight excluding hydrogens is 590 g/mol. The van der Waals surface area contributed by atoms with Gasteiger partial charge in [0, 0.05) is 55.0 Å². The summed E-state index contributed by atoms with van der Waals surface area (Å²) in [5, 5.41) is 10.2. The number of likely N-dealkylation sites (tertiary alicyclic amines) is 1. The van der Waals surface area contributed by atoms with Gasteiger partial charge in [-0.05, 0) is 62.9 Å². The molecule has 1 saturated carbocycles. The van der Waals surface area contributed by atoms with Crippen LogP contribution in [0.25, 0.3) is 6.08 Å². The van der Waals surface area contributed by atoms with Crippen molar-refractivity contribution in [2.45, 2.75) is 63.1 Å². The van der Waals surface area contributed by atoms with Crippen LogP contribution in [0.15, 0.2) is 42.0 Å². The minimum Gasteiger partial charge on any atom is -0.504 e. The lowest BCUT2D eigenvalue weighted by Gasteiger charge is -2.45. The van der Waals surface area contributed by atoms with E-state index in [0.717, 1.165) is 43.4 Å². The summed E-state index contributed by atoms with van der Waals surface area (Å²) in [6.45, 7) is -1.08. The number of halogens is 4. The Labute approximate surface area is 249 Å². The minimum absolute atomic E-state index is 0.0256. The minimum atomic E-state index is -3.76. The summed E-state index contributed by atoms with van der Waals surface area (Å²) in [6, 6.07) is 6.01. The molecule has 1 amide bonds. The maximum absolute atomic E-state index is 14.4. The summed E-state index contributed by atoms with van der Waals surface area (Å²) in [6.07, 6.45) is 6.93. The Balaban J connectivity index is 1.68. The van der Waals surface area contributed by atoms with Crippen molar-refractivity contribution in [2.75, 3.05) is 25.9 Å². The molecule has 2 aromatic rings. The van der Waals surface area contributed by atoms with E-state index in [2.05, 4.69) is 4.74 Å². The number of phenols is 1. The molecule has 0 radical (unpaired) electrons. The number of carbonyl (C=O) groups excluding carboxylic acids is 1. The van der Waals surface area contributed by atoms with Crippen molar-refractivity contribution >= 4 is 21.8 Å². The lowest BCUT2D eigenvalue weighted by atomic mass is 10.0. The quantitative estimate of drug-likeness (QED) is 0.332. The number of hydrogen-bond donors (Lipinski definition) is 2. The summed E-state index contributed by atoms with van der Waals surface area (Å²) in [4.78, 5) is 15.4. The zero-order valence-electron chi connectivity index (χ0n) is 24.1. The van der Waals surface area contributed by atoms with E-state index in [4.69, 9.17) is 5.73 Å². The van der Waals surface area contributed by atoms with Crippen LogP contribution in [0, 0.1) is 17.6 Å². The van der Waals surface area contributed by atoms with E-state index in [-0.39, 0.29) is 30.1 Å². The fourth-order valence-corrected chi connectivity index (χ4v) is 7.82. The van der Waals surface area contributed by atoms with E-state index >= 15 is 0 Å². The predicted molar refractivity (Wildman–Crippen MR) is 154 cm³/mol. The number of nitrogens with two attached hydrogens (primary N) is 1. The van der Waals surface area contributed by atoms with Crippen LogP contribution in [0.1, 0.15) is 61.4 Å². The maximum Gasteiger partial charge on any atom is 0.387 e. The van der Waals surface area contributed by atoms with Crippen molar-refractivity contribution in [3.63, 3.8) is 0 Å². The molecule has 8 nitrogen and oxygen atoms in total. The fourth-order valence-electron chi connectivity index (χ4n) is 6.31. The van der Waals surface area contributed by atoms with Crippen molar-refractivity contribution in [2.24, 2.45) is 11.7 Å². The van der Waals surface area contributed by atoms with Gasteiger partial charge in [-0.25, -0.2) is 17.2 Å². The summed E-state index contributed by atoms with van der Waals surface area (Å²) < 4.78 is 83.8. The molecule has 1 heterocycles. The molecule has 0 bridgehead atoms. The largest absolute Gasteiger partial charge is 0.504 e. The number of nitrogens with zero attached hydrogens (tertiary/aromatic N) is 2. The first-order valence-electron chi connectivity index (χ1n) is 14.1. The van der Waals surface area contributed by atoms with Gasteiger partial charge in [-0.1, -0.05) is 24.5 Å². The van der Waals surface area contributed by atoms with Gasteiger partial charge >= 0.3 is 6.61 Å². The number of amides is 1. The van der Waals surface area contributed by atoms with E-state index in [0.29, 0.717) is 37.8 Å². The van der Waals surface area contributed by atoms with Gasteiger partial charge in [-0.2, -0.15) is 8.78 Å². The van der Waals surface area contributed by atoms with Gasteiger partial charge in [-0.3, -0.25) is 9.69 Å². The smallest absolute Gasteiger partial charge is 0.387 e. The van der Waals surface area contributed by atoms with E-state index in [9.17, 15) is 35.9 Å². The molecule has 1 aliphatic heterocycles. The predicted octanol–water partition coefficient (Wildman–Crippen LogP) is 5.13. The van der Waals surface area contributed by atoms with Crippen LogP contribution in [0.2, 0.25) is 0 Å². The second-order valence-electron chi connectivity index (χ2n) is 11.4. The van der Waals surface area contributed by atoms with E-state index in [1.807, 2.05) is 0 Å². The number of aromatic hydroxyl groups is 1. The van der Waals surface area contributed by atoms with Crippen molar-refractivity contribution in [3.8, 4) is 11.5 Å². The third-order valence-corrected chi connectivity index (χ3v) is 10.1. The Kier molecular flexibility index (Phi) is 10.1. The van der Waals surface area contributed by atoms with Crippen LogP contribution < -0.4 is 10.5 Å². The van der Waals surface area contributed by atoms with Crippen molar-refractivity contribution in [3.05, 3.63) is 64.7 Å². The topological polar surface area (TPSA) is 113 Å². The third-order valence-electron chi connectivity index (χ3n) is 8.31. The summed E-state index contributed by atoms with van der Waals surface area (Å²) in [5.41, 5.74) is 7.41. The summed E-state index contributed by atoms with van der Waals surface area (Å²) in [7, 11) is -3.76. The third kappa shape index (κ3) is 7.32. The first-order chi connectivity index (χ1) is 20.2. The van der Waals surface area contributed by atoms with Gasteiger partial charge in [0.15, 0.2) is 26.3 Å². The van der Waals surface area contributed by atoms with Gasteiger partial charge in [0.2, 0.25) is 0 Å².